The highest BCUT2D eigenvalue weighted by Crippen LogP contribution is 2.15. The van der Waals surface area contributed by atoms with E-state index in [0.717, 1.165) is 12.2 Å². The van der Waals surface area contributed by atoms with E-state index in [9.17, 15) is 4.79 Å². The van der Waals surface area contributed by atoms with Gasteiger partial charge in [0, 0.05) is 6.42 Å². The zero-order valence-corrected chi connectivity index (χ0v) is 9.60. The summed E-state index contributed by atoms with van der Waals surface area (Å²) in [6, 6.07) is 6.88. The van der Waals surface area contributed by atoms with Crippen molar-refractivity contribution >= 4 is 5.97 Å². The first-order chi connectivity index (χ1) is 7.67. The van der Waals surface area contributed by atoms with E-state index in [1.807, 2.05) is 13.0 Å². The molecule has 0 unspecified atom stereocenters. The van der Waals surface area contributed by atoms with Crippen LogP contribution in [0.3, 0.4) is 0 Å². The third-order valence-corrected chi connectivity index (χ3v) is 2.11. The number of ether oxygens (including phenoxy) is 2. The maximum atomic E-state index is 11.2. The topological polar surface area (TPSA) is 35.5 Å². The lowest BCUT2D eigenvalue weighted by Crippen LogP contribution is -2.10. The molecule has 1 rings (SSSR count). The van der Waals surface area contributed by atoms with Crippen LogP contribution in [0.2, 0.25) is 0 Å². The molecule has 0 bridgehead atoms. The van der Waals surface area contributed by atoms with Gasteiger partial charge in [-0.05, 0) is 31.2 Å². The van der Waals surface area contributed by atoms with Crippen LogP contribution in [0.5, 0.6) is 5.75 Å². The minimum absolute atomic E-state index is 0.0847. The van der Waals surface area contributed by atoms with Crippen molar-refractivity contribution in [2.75, 3.05) is 7.11 Å². The average Bonchev–Trinajstić information content (AvgIpc) is 2.29. The van der Waals surface area contributed by atoms with Crippen LogP contribution >= 0.6 is 0 Å². The summed E-state index contributed by atoms with van der Waals surface area (Å²) in [5.41, 5.74) is 0.520. The highest BCUT2D eigenvalue weighted by molar-refractivity contribution is 5.89. The molecule has 0 heterocycles. The van der Waals surface area contributed by atoms with Crippen molar-refractivity contribution in [1.82, 2.24) is 0 Å². The van der Waals surface area contributed by atoms with E-state index in [0.29, 0.717) is 5.56 Å². The molecule has 0 spiro atoms. The zero-order valence-electron chi connectivity index (χ0n) is 9.60. The Bertz CT molecular complexity index is 354. The van der Waals surface area contributed by atoms with Crippen LogP contribution in [0.1, 0.15) is 23.7 Å². The molecule has 0 saturated heterocycles. The Labute approximate surface area is 95.7 Å². The van der Waals surface area contributed by atoms with E-state index >= 15 is 0 Å². The van der Waals surface area contributed by atoms with E-state index in [1.54, 1.807) is 24.3 Å². The van der Waals surface area contributed by atoms with E-state index in [1.165, 1.54) is 7.11 Å². The summed E-state index contributed by atoms with van der Waals surface area (Å²) >= 11 is 0. The van der Waals surface area contributed by atoms with Crippen molar-refractivity contribution in [3.63, 3.8) is 0 Å². The molecule has 0 fully saturated rings. The number of carbonyl (C=O) groups excluding carboxylic acids is 1. The zero-order chi connectivity index (χ0) is 12.0. The van der Waals surface area contributed by atoms with Gasteiger partial charge in [0.15, 0.2) is 0 Å². The smallest absolute Gasteiger partial charge is 0.337 e. The van der Waals surface area contributed by atoms with Gasteiger partial charge < -0.3 is 9.47 Å². The van der Waals surface area contributed by atoms with Crippen LogP contribution < -0.4 is 4.74 Å². The van der Waals surface area contributed by atoms with Gasteiger partial charge >= 0.3 is 5.97 Å². The van der Waals surface area contributed by atoms with Crippen LogP contribution in [-0.2, 0) is 4.74 Å². The lowest BCUT2D eigenvalue weighted by atomic mass is 10.2. The summed E-state index contributed by atoms with van der Waals surface area (Å²) in [5.74, 6) is 0.396. The second-order valence-electron chi connectivity index (χ2n) is 3.47. The molecule has 1 aromatic rings. The molecule has 86 valence electrons. The van der Waals surface area contributed by atoms with Crippen molar-refractivity contribution in [3.05, 3.63) is 42.5 Å². The van der Waals surface area contributed by atoms with Crippen molar-refractivity contribution < 1.29 is 14.3 Å². The summed E-state index contributed by atoms with van der Waals surface area (Å²) in [6.07, 6.45) is 2.69. The van der Waals surface area contributed by atoms with Gasteiger partial charge in [0.05, 0.1) is 18.8 Å². The van der Waals surface area contributed by atoms with Crippen LogP contribution in [0, 0.1) is 0 Å². The number of carbonyl (C=O) groups is 1. The molecule has 0 amide bonds. The third-order valence-electron chi connectivity index (χ3n) is 2.11. The van der Waals surface area contributed by atoms with Gasteiger partial charge in [0.1, 0.15) is 5.75 Å². The van der Waals surface area contributed by atoms with Gasteiger partial charge in [-0.15, -0.1) is 6.58 Å². The highest BCUT2D eigenvalue weighted by atomic mass is 16.5. The molecule has 1 aromatic carbocycles. The molecule has 1 atom stereocenters. The quantitative estimate of drug-likeness (QED) is 0.565. The summed E-state index contributed by atoms with van der Waals surface area (Å²) in [7, 11) is 1.36. The first-order valence-electron chi connectivity index (χ1n) is 5.13. The largest absolute Gasteiger partial charge is 0.490 e. The summed E-state index contributed by atoms with van der Waals surface area (Å²) in [5, 5.41) is 0. The molecule has 16 heavy (non-hydrogen) atoms. The van der Waals surface area contributed by atoms with Gasteiger partial charge in [-0.3, -0.25) is 0 Å². The molecule has 0 radical (unpaired) electrons. The van der Waals surface area contributed by atoms with Crippen LogP contribution in [0.4, 0.5) is 0 Å². The molecule has 0 aliphatic heterocycles. The molecule has 0 aliphatic rings. The summed E-state index contributed by atoms with van der Waals surface area (Å²) in [4.78, 5) is 11.2. The average molecular weight is 220 g/mol. The van der Waals surface area contributed by atoms with E-state index in [4.69, 9.17) is 4.74 Å². The molecule has 0 aromatic heterocycles. The molecule has 0 aliphatic carbocycles. The van der Waals surface area contributed by atoms with Crippen molar-refractivity contribution in [1.29, 1.82) is 0 Å². The Morgan fingerprint density at radius 2 is 2.06 bits per heavy atom. The number of esters is 1. The second kappa shape index (κ2) is 5.95. The fraction of sp³-hybridized carbons (Fsp3) is 0.308. The standard InChI is InChI=1S/C13H16O3/c1-4-5-10(2)16-12-8-6-11(7-9-12)13(14)15-3/h4,6-10H,1,5H2,2-3H3/t10-/m1/s1. The van der Waals surface area contributed by atoms with Crippen LogP contribution in [-0.4, -0.2) is 19.2 Å². The fourth-order valence-corrected chi connectivity index (χ4v) is 1.30. The minimum atomic E-state index is -0.342. The molecule has 3 heteroatoms. The Morgan fingerprint density at radius 3 is 2.56 bits per heavy atom. The van der Waals surface area contributed by atoms with Gasteiger partial charge in [0.2, 0.25) is 0 Å². The number of benzene rings is 1. The van der Waals surface area contributed by atoms with E-state index in [2.05, 4.69) is 11.3 Å². The maximum absolute atomic E-state index is 11.2. The molecule has 0 saturated carbocycles. The third kappa shape index (κ3) is 3.42. The van der Waals surface area contributed by atoms with Crippen molar-refractivity contribution in [3.8, 4) is 5.75 Å². The number of rotatable bonds is 5. The Kier molecular flexibility index (Phi) is 4.58. The normalized spacial score (nSPS) is 11.6. The molecule has 0 N–H and O–H groups in total. The van der Waals surface area contributed by atoms with Crippen LogP contribution in [0.25, 0.3) is 0 Å². The fourth-order valence-electron chi connectivity index (χ4n) is 1.30. The highest BCUT2D eigenvalue weighted by Gasteiger charge is 2.06. The predicted molar refractivity (Wildman–Crippen MR) is 62.7 cm³/mol. The van der Waals surface area contributed by atoms with Gasteiger partial charge in [-0.1, -0.05) is 6.08 Å². The first kappa shape index (κ1) is 12.3. The Hall–Kier alpha value is -1.77. The van der Waals surface area contributed by atoms with Crippen molar-refractivity contribution in [2.24, 2.45) is 0 Å². The number of methoxy groups -OCH3 is 1. The summed E-state index contributed by atoms with van der Waals surface area (Å²) in [6.45, 7) is 5.62. The van der Waals surface area contributed by atoms with Gasteiger partial charge in [-0.25, -0.2) is 4.79 Å². The first-order valence-corrected chi connectivity index (χ1v) is 5.13. The lowest BCUT2D eigenvalue weighted by Gasteiger charge is -2.12. The van der Waals surface area contributed by atoms with Gasteiger partial charge in [0.25, 0.3) is 0 Å². The number of hydrogen-bond donors (Lipinski definition) is 0. The molecule has 3 nitrogen and oxygen atoms in total. The maximum Gasteiger partial charge on any atom is 0.337 e. The monoisotopic (exact) mass is 220 g/mol. The summed E-state index contributed by atoms with van der Waals surface area (Å²) < 4.78 is 10.2. The Morgan fingerprint density at radius 1 is 1.44 bits per heavy atom. The van der Waals surface area contributed by atoms with Gasteiger partial charge in [-0.2, -0.15) is 0 Å². The predicted octanol–water partition coefficient (Wildman–Crippen LogP) is 2.82. The Balaban J connectivity index is 2.64. The number of hydrogen-bond acceptors (Lipinski definition) is 3. The van der Waals surface area contributed by atoms with E-state index in [-0.39, 0.29) is 12.1 Å². The molecular weight excluding hydrogens is 204 g/mol. The molecular formula is C13H16O3. The van der Waals surface area contributed by atoms with Crippen molar-refractivity contribution in [2.45, 2.75) is 19.4 Å². The SMILES string of the molecule is C=CC[C@@H](C)Oc1ccc(C(=O)OC)cc1. The lowest BCUT2D eigenvalue weighted by molar-refractivity contribution is 0.0600. The van der Waals surface area contributed by atoms with Crippen LogP contribution in [0.15, 0.2) is 36.9 Å². The minimum Gasteiger partial charge on any atom is -0.490 e. The van der Waals surface area contributed by atoms with E-state index < -0.39 is 0 Å². The second-order valence-corrected chi connectivity index (χ2v) is 3.47.